The molecule has 1 aliphatic heterocycles. The molecule has 1 fully saturated rings. The molecule has 0 saturated carbocycles. The summed E-state index contributed by atoms with van der Waals surface area (Å²) in [5.41, 5.74) is 1.31. The van der Waals surface area contributed by atoms with Crippen molar-refractivity contribution in [1.82, 2.24) is 10.6 Å². The third-order valence-corrected chi connectivity index (χ3v) is 4.13. The molecule has 0 aromatic heterocycles. The Bertz CT molecular complexity index is 413. The van der Waals surface area contributed by atoms with Crippen LogP contribution in [0.2, 0.25) is 0 Å². The average molecular weight is 325 g/mol. The zero-order chi connectivity index (χ0) is 13.7. The smallest absolute Gasteiger partial charge is 0.224 e. The van der Waals surface area contributed by atoms with E-state index in [9.17, 15) is 4.79 Å². The van der Waals surface area contributed by atoms with Crippen LogP contribution in [0.4, 0.5) is 0 Å². The highest BCUT2D eigenvalue weighted by atomic mass is 79.9. The number of carbonyl (C=O) groups is 1. The lowest BCUT2D eigenvalue weighted by molar-refractivity contribution is -0.125. The van der Waals surface area contributed by atoms with Crippen LogP contribution in [0.5, 0.6) is 0 Å². The molecule has 19 heavy (non-hydrogen) atoms. The number of aryl methyl sites for hydroxylation is 1. The van der Waals surface area contributed by atoms with Crippen molar-refractivity contribution < 1.29 is 4.79 Å². The molecule has 1 heterocycles. The van der Waals surface area contributed by atoms with Crippen molar-refractivity contribution in [1.29, 1.82) is 0 Å². The highest BCUT2D eigenvalue weighted by Crippen LogP contribution is 2.13. The van der Waals surface area contributed by atoms with Gasteiger partial charge in [0.25, 0.3) is 0 Å². The van der Waals surface area contributed by atoms with E-state index in [1.807, 2.05) is 0 Å². The quantitative estimate of drug-likeness (QED) is 0.873. The normalized spacial score (nSPS) is 20.2. The first kappa shape index (κ1) is 14.5. The Morgan fingerprint density at radius 1 is 1.47 bits per heavy atom. The van der Waals surface area contributed by atoms with E-state index < -0.39 is 0 Å². The maximum atomic E-state index is 12.0. The first-order valence-corrected chi connectivity index (χ1v) is 7.70. The number of carbonyl (C=O) groups excluding carboxylic acids is 1. The SMILES string of the molecule is CC(CCc1ccc(Br)cc1)NC(=O)C1CCNC1. The second-order valence-corrected chi connectivity index (χ2v) is 6.18. The molecule has 104 valence electrons. The summed E-state index contributed by atoms with van der Waals surface area (Å²) in [4.78, 5) is 12.0. The maximum Gasteiger partial charge on any atom is 0.224 e. The van der Waals surface area contributed by atoms with E-state index in [1.54, 1.807) is 0 Å². The minimum absolute atomic E-state index is 0.162. The van der Waals surface area contributed by atoms with Crippen molar-refractivity contribution in [3.63, 3.8) is 0 Å². The van der Waals surface area contributed by atoms with E-state index in [2.05, 4.69) is 57.8 Å². The molecule has 0 aliphatic carbocycles. The molecule has 3 nitrogen and oxygen atoms in total. The van der Waals surface area contributed by atoms with E-state index >= 15 is 0 Å². The second-order valence-electron chi connectivity index (χ2n) is 5.26. The molecule has 2 unspecified atom stereocenters. The van der Waals surface area contributed by atoms with Crippen LogP contribution in [-0.4, -0.2) is 25.0 Å². The van der Waals surface area contributed by atoms with Crippen molar-refractivity contribution in [3.8, 4) is 0 Å². The second kappa shape index (κ2) is 7.06. The number of rotatable bonds is 5. The standard InChI is InChI=1S/C15H21BrN2O/c1-11(18-15(19)13-8-9-17-10-13)2-3-12-4-6-14(16)7-5-12/h4-7,11,13,17H,2-3,8-10H2,1H3,(H,18,19). The van der Waals surface area contributed by atoms with Crippen molar-refractivity contribution in [2.45, 2.75) is 32.2 Å². The first-order valence-electron chi connectivity index (χ1n) is 6.90. The summed E-state index contributed by atoms with van der Waals surface area (Å²) in [6.45, 7) is 3.87. The van der Waals surface area contributed by atoms with Crippen LogP contribution in [0.3, 0.4) is 0 Å². The van der Waals surface area contributed by atoms with Gasteiger partial charge in [0.15, 0.2) is 0 Å². The van der Waals surface area contributed by atoms with Gasteiger partial charge >= 0.3 is 0 Å². The molecule has 2 rings (SSSR count). The number of amides is 1. The van der Waals surface area contributed by atoms with Crippen molar-refractivity contribution in [2.75, 3.05) is 13.1 Å². The summed E-state index contributed by atoms with van der Waals surface area (Å²) in [6, 6.07) is 8.60. The Balaban J connectivity index is 1.73. The summed E-state index contributed by atoms with van der Waals surface area (Å²) >= 11 is 3.43. The molecule has 0 spiro atoms. The van der Waals surface area contributed by atoms with Gasteiger partial charge in [-0.1, -0.05) is 28.1 Å². The molecular formula is C15H21BrN2O. The van der Waals surface area contributed by atoms with Gasteiger partial charge in [0.2, 0.25) is 5.91 Å². The van der Waals surface area contributed by atoms with Crippen LogP contribution in [0.15, 0.2) is 28.7 Å². The molecule has 1 aromatic rings. The number of benzene rings is 1. The van der Waals surface area contributed by atoms with Crippen molar-refractivity contribution >= 4 is 21.8 Å². The Kier molecular flexibility index (Phi) is 5.40. The van der Waals surface area contributed by atoms with Gasteiger partial charge in [0.05, 0.1) is 5.92 Å². The molecule has 1 aromatic carbocycles. The van der Waals surface area contributed by atoms with Gasteiger partial charge in [0.1, 0.15) is 0 Å². The third kappa shape index (κ3) is 4.62. The molecule has 0 bridgehead atoms. The van der Waals surface area contributed by atoms with Crippen LogP contribution in [-0.2, 0) is 11.2 Å². The van der Waals surface area contributed by atoms with Crippen molar-refractivity contribution in [3.05, 3.63) is 34.3 Å². The van der Waals surface area contributed by atoms with Gasteiger partial charge in [0, 0.05) is 17.1 Å². The van der Waals surface area contributed by atoms with E-state index in [0.29, 0.717) is 0 Å². The van der Waals surface area contributed by atoms with Crippen LogP contribution < -0.4 is 10.6 Å². The van der Waals surface area contributed by atoms with Gasteiger partial charge in [-0.25, -0.2) is 0 Å². The van der Waals surface area contributed by atoms with E-state index in [-0.39, 0.29) is 17.9 Å². The molecule has 1 aliphatic rings. The number of hydrogen-bond acceptors (Lipinski definition) is 2. The lowest BCUT2D eigenvalue weighted by Gasteiger charge is -2.16. The highest BCUT2D eigenvalue weighted by molar-refractivity contribution is 9.10. The fourth-order valence-corrected chi connectivity index (χ4v) is 2.61. The van der Waals surface area contributed by atoms with Crippen LogP contribution >= 0.6 is 15.9 Å². The lowest BCUT2D eigenvalue weighted by atomic mass is 10.0. The van der Waals surface area contributed by atoms with Gasteiger partial charge in [-0.05, 0) is 50.4 Å². The molecule has 4 heteroatoms. The van der Waals surface area contributed by atoms with Gasteiger partial charge in [-0.2, -0.15) is 0 Å². The van der Waals surface area contributed by atoms with E-state index in [0.717, 1.165) is 36.8 Å². The number of nitrogens with one attached hydrogen (secondary N) is 2. The van der Waals surface area contributed by atoms with Gasteiger partial charge in [-0.3, -0.25) is 4.79 Å². The Labute approximate surface area is 123 Å². The lowest BCUT2D eigenvalue weighted by Crippen LogP contribution is -2.38. The topological polar surface area (TPSA) is 41.1 Å². The zero-order valence-corrected chi connectivity index (χ0v) is 12.9. The fraction of sp³-hybridized carbons (Fsp3) is 0.533. The number of halogens is 1. The van der Waals surface area contributed by atoms with Crippen LogP contribution in [0.25, 0.3) is 0 Å². The Morgan fingerprint density at radius 2 is 2.21 bits per heavy atom. The molecule has 1 amide bonds. The zero-order valence-electron chi connectivity index (χ0n) is 11.3. The maximum absolute atomic E-state index is 12.0. The molecule has 0 radical (unpaired) electrons. The highest BCUT2D eigenvalue weighted by Gasteiger charge is 2.23. The summed E-state index contributed by atoms with van der Waals surface area (Å²) in [5, 5.41) is 6.34. The largest absolute Gasteiger partial charge is 0.353 e. The predicted molar refractivity (Wildman–Crippen MR) is 81.0 cm³/mol. The van der Waals surface area contributed by atoms with E-state index in [4.69, 9.17) is 0 Å². The first-order chi connectivity index (χ1) is 9.15. The average Bonchev–Trinajstić information content (AvgIpc) is 2.92. The van der Waals surface area contributed by atoms with Gasteiger partial charge < -0.3 is 10.6 Å². The summed E-state index contributed by atoms with van der Waals surface area (Å²) < 4.78 is 1.10. The van der Waals surface area contributed by atoms with Crippen LogP contribution in [0.1, 0.15) is 25.3 Å². The third-order valence-electron chi connectivity index (χ3n) is 3.60. The Hall–Kier alpha value is -0.870. The fourth-order valence-electron chi connectivity index (χ4n) is 2.35. The summed E-state index contributed by atoms with van der Waals surface area (Å²) in [6.07, 6.45) is 2.94. The summed E-state index contributed by atoms with van der Waals surface area (Å²) in [7, 11) is 0. The molecular weight excluding hydrogens is 304 g/mol. The summed E-state index contributed by atoms with van der Waals surface area (Å²) in [5.74, 6) is 0.364. The molecule has 2 N–H and O–H groups in total. The monoisotopic (exact) mass is 324 g/mol. The molecule has 1 saturated heterocycles. The van der Waals surface area contributed by atoms with Crippen LogP contribution in [0, 0.1) is 5.92 Å². The minimum atomic E-state index is 0.162. The Morgan fingerprint density at radius 3 is 2.84 bits per heavy atom. The van der Waals surface area contributed by atoms with Crippen molar-refractivity contribution in [2.24, 2.45) is 5.92 Å². The number of hydrogen-bond donors (Lipinski definition) is 2. The van der Waals surface area contributed by atoms with E-state index in [1.165, 1.54) is 5.56 Å². The predicted octanol–water partition coefficient (Wildman–Crippen LogP) is 2.50. The van der Waals surface area contributed by atoms with Gasteiger partial charge in [-0.15, -0.1) is 0 Å². The molecule has 2 atom stereocenters. The minimum Gasteiger partial charge on any atom is -0.353 e.